The molecule has 0 amide bonds. The predicted molar refractivity (Wildman–Crippen MR) is 75.5 cm³/mol. The van der Waals surface area contributed by atoms with Gasteiger partial charge in [-0.2, -0.15) is 0 Å². The molecule has 0 atom stereocenters. The van der Waals surface area contributed by atoms with Gasteiger partial charge >= 0.3 is 0 Å². The first-order valence-corrected chi connectivity index (χ1v) is 6.53. The van der Waals surface area contributed by atoms with Gasteiger partial charge in [0.1, 0.15) is 11.6 Å². The number of rotatable bonds is 1. The average molecular weight is 254 g/mol. The van der Waals surface area contributed by atoms with Gasteiger partial charge in [-0.15, -0.1) is 12.3 Å². The standard InChI is InChI=1S/C16H15FN2/c1-2-12-6-9-19(10-7-12)16-15-4-3-14(17)11-13(15)5-8-18-16/h1,3-5,8,11-12H,6-7,9-10H2. The van der Waals surface area contributed by atoms with Gasteiger partial charge in [-0.05, 0) is 42.5 Å². The molecule has 0 radical (unpaired) electrons. The second kappa shape index (κ2) is 4.89. The van der Waals surface area contributed by atoms with Crippen molar-refractivity contribution in [3.05, 3.63) is 36.3 Å². The van der Waals surface area contributed by atoms with Crippen LogP contribution >= 0.6 is 0 Å². The molecule has 2 heterocycles. The minimum atomic E-state index is -0.212. The molecule has 19 heavy (non-hydrogen) atoms. The molecule has 3 rings (SSSR count). The molecule has 2 nitrogen and oxygen atoms in total. The summed E-state index contributed by atoms with van der Waals surface area (Å²) in [6.07, 6.45) is 9.20. The zero-order valence-electron chi connectivity index (χ0n) is 10.6. The van der Waals surface area contributed by atoms with E-state index in [0.29, 0.717) is 5.92 Å². The van der Waals surface area contributed by atoms with Gasteiger partial charge in [0.15, 0.2) is 0 Å². The minimum absolute atomic E-state index is 0.212. The van der Waals surface area contributed by atoms with E-state index in [9.17, 15) is 4.39 Å². The Hall–Kier alpha value is -2.08. The van der Waals surface area contributed by atoms with Crippen LogP contribution in [0.15, 0.2) is 30.5 Å². The van der Waals surface area contributed by atoms with Gasteiger partial charge in [0.2, 0.25) is 0 Å². The highest BCUT2D eigenvalue weighted by atomic mass is 19.1. The van der Waals surface area contributed by atoms with Crippen molar-refractivity contribution in [1.82, 2.24) is 4.98 Å². The number of halogens is 1. The van der Waals surface area contributed by atoms with Crippen molar-refractivity contribution < 1.29 is 4.39 Å². The van der Waals surface area contributed by atoms with Crippen molar-refractivity contribution in [2.24, 2.45) is 5.92 Å². The third kappa shape index (κ3) is 2.26. The largest absolute Gasteiger partial charge is 0.356 e. The fourth-order valence-corrected chi connectivity index (χ4v) is 2.64. The van der Waals surface area contributed by atoms with E-state index in [1.165, 1.54) is 6.07 Å². The molecule has 2 aromatic rings. The van der Waals surface area contributed by atoms with Gasteiger partial charge in [0.05, 0.1) is 0 Å². The van der Waals surface area contributed by atoms with Crippen LogP contribution in [0.25, 0.3) is 10.8 Å². The van der Waals surface area contributed by atoms with E-state index in [0.717, 1.165) is 42.5 Å². The van der Waals surface area contributed by atoms with E-state index in [4.69, 9.17) is 6.42 Å². The lowest BCUT2D eigenvalue weighted by Crippen LogP contribution is -2.33. The Morgan fingerprint density at radius 3 is 2.79 bits per heavy atom. The Morgan fingerprint density at radius 2 is 2.05 bits per heavy atom. The molecular formula is C16H15FN2. The second-order valence-corrected chi connectivity index (χ2v) is 4.93. The fourth-order valence-electron chi connectivity index (χ4n) is 2.64. The molecule has 1 fully saturated rings. The highest BCUT2D eigenvalue weighted by molar-refractivity contribution is 5.92. The monoisotopic (exact) mass is 254 g/mol. The first-order valence-electron chi connectivity index (χ1n) is 6.53. The van der Waals surface area contributed by atoms with Crippen LogP contribution in [-0.2, 0) is 0 Å². The Morgan fingerprint density at radius 1 is 1.26 bits per heavy atom. The van der Waals surface area contributed by atoms with E-state index in [2.05, 4.69) is 15.8 Å². The average Bonchev–Trinajstić information content (AvgIpc) is 2.46. The van der Waals surface area contributed by atoms with Gasteiger partial charge in [0.25, 0.3) is 0 Å². The van der Waals surface area contributed by atoms with Crippen LogP contribution in [0.5, 0.6) is 0 Å². The quantitative estimate of drug-likeness (QED) is 0.726. The molecule has 0 bridgehead atoms. The summed E-state index contributed by atoms with van der Waals surface area (Å²) in [6, 6.07) is 6.69. The summed E-state index contributed by atoms with van der Waals surface area (Å²) in [5.41, 5.74) is 0. The lowest BCUT2D eigenvalue weighted by atomic mass is 9.97. The van der Waals surface area contributed by atoms with Crippen molar-refractivity contribution in [1.29, 1.82) is 0 Å². The topological polar surface area (TPSA) is 16.1 Å². The van der Waals surface area contributed by atoms with Crippen LogP contribution in [0.4, 0.5) is 10.2 Å². The molecule has 0 saturated carbocycles. The summed E-state index contributed by atoms with van der Waals surface area (Å²) < 4.78 is 13.3. The van der Waals surface area contributed by atoms with Gasteiger partial charge < -0.3 is 4.90 Å². The number of hydrogen-bond donors (Lipinski definition) is 0. The second-order valence-electron chi connectivity index (χ2n) is 4.93. The number of piperidine rings is 1. The fraction of sp³-hybridized carbons (Fsp3) is 0.312. The molecule has 0 N–H and O–H groups in total. The normalized spacial score (nSPS) is 16.5. The summed E-state index contributed by atoms with van der Waals surface area (Å²) in [5, 5.41) is 1.90. The van der Waals surface area contributed by atoms with Gasteiger partial charge in [0, 0.05) is 30.6 Å². The van der Waals surface area contributed by atoms with Crippen LogP contribution in [0.1, 0.15) is 12.8 Å². The molecule has 1 aromatic carbocycles. The van der Waals surface area contributed by atoms with Crippen LogP contribution in [0.3, 0.4) is 0 Å². The SMILES string of the molecule is C#CC1CCN(c2nccc3cc(F)ccc23)CC1. The molecule has 0 aliphatic carbocycles. The van der Waals surface area contributed by atoms with Crippen molar-refractivity contribution in [2.75, 3.05) is 18.0 Å². The lowest BCUT2D eigenvalue weighted by Gasteiger charge is -2.31. The summed E-state index contributed by atoms with van der Waals surface area (Å²) in [6.45, 7) is 1.83. The molecule has 96 valence electrons. The third-order valence-electron chi connectivity index (χ3n) is 3.74. The highest BCUT2D eigenvalue weighted by Gasteiger charge is 2.19. The smallest absolute Gasteiger partial charge is 0.136 e. The molecule has 3 heteroatoms. The highest BCUT2D eigenvalue weighted by Crippen LogP contribution is 2.28. The van der Waals surface area contributed by atoms with Gasteiger partial charge in [-0.1, -0.05) is 0 Å². The third-order valence-corrected chi connectivity index (χ3v) is 3.74. The molecule has 1 aromatic heterocycles. The number of nitrogens with zero attached hydrogens (tertiary/aromatic N) is 2. The molecule has 0 spiro atoms. The number of fused-ring (bicyclic) bond motifs is 1. The minimum Gasteiger partial charge on any atom is -0.356 e. The van der Waals surface area contributed by atoms with Crippen molar-refractivity contribution in [2.45, 2.75) is 12.8 Å². The number of aromatic nitrogens is 1. The molecule has 1 aliphatic heterocycles. The number of pyridine rings is 1. The molecule has 1 aliphatic rings. The molecule has 0 unspecified atom stereocenters. The first kappa shape index (κ1) is 12.0. The maximum Gasteiger partial charge on any atom is 0.136 e. The van der Waals surface area contributed by atoms with Crippen molar-refractivity contribution in [3.63, 3.8) is 0 Å². The Kier molecular flexibility index (Phi) is 3.08. The first-order chi connectivity index (χ1) is 9.28. The number of anilines is 1. The number of terminal acetylenes is 1. The van der Waals surface area contributed by atoms with Crippen molar-refractivity contribution >= 4 is 16.6 Å². The Balaban J connectivity index is 1.95. The number of hydrogen-bond acceptors (Lipinski definition) is 2. The van der Waals surface area contributed by atoms with E-state index in [1.807, 2.05) is 6.07 Å². The summed E-state index contributed by atoms with van der Waals surface area (Å²) in [4.78, 5) is 6.71. The summed E-state index contributed by atoms with van der Waals surface area (Å²) >= 11 is 0. The van der Waals surface area contributed by atoms with Gasteiger partial charge in [-0.25, -0.2) is 9.37 Å². The Labute approximate surface area is 112 Å². The Bertz CT molecular complexity index is 637. The predicted octanol–water partition coefficient (Wildman–Crippen LogP) is 3.22. The van der Waals surface area contributed by atoms with Crippen molar-refractivity contribution in [3.8, 4) is 12.3 Å². The number of benzene rings is 1. The maximum absolute atomic E-state index is 13.3. The van der Waals surface area contributed by atoms with E-state index in [1.54, 1.807) is 18.3 Å². The van der Waals surface area contributed by atoms with Crippen LogP contribution in [0, 0.1) is 24.1 Å². The molecule has 1 saturated heterocycles. The zero-order chi connectivity index (χ0) is 13.2. The maximum atomic E-state index is 13.3. The van der Waals surface area contributed by atoms with Crippen LogP contribution < -0.4 is 4.90 Å². The van der Waals surface area contributed by atoms with E-state index >= 15 is 0 Å². The van der Waals surface area contributed by atoms with Crippen LogP contribution in [-0.4, -0.2) is 18.1 Å². The molecular weight excluding hydrogens is 239 g/mol. The lowest BCUT2D eigenvalue weighted by molar-refractivity contribution is 0.490. The summed E-state index contributed by atoms with van der Waals surface area (Å²) in [7, 11) is 0. The van der Waals surface area contributed by atoms with E-state index in [-0.39, 0.29) is 5.82 Å². The summed E-state index contributed by atoms with van der Waals surface area (Å²) in [5.74, 6) is 3.93. The van der Waals surface area contributed by atoms with Crippen LogP contribution in [0.2, 0.25) is 0 Å². The van der Waals surface area contributed by atoms with E-state index < -0.39 is 0 Å². The van der Waals surface area contributed by atoms with Gasteiger partial charge in [-0.3, -0.25) is 0 Å². The zero-order valence-corrected chi connectivity index (χ0v) is 10.6.